The fourth-order valence-electron chi connectivity index (χ4n) is 4.83. The maximum atomic E-state index is 5.62. The Morgan fingerprint density at radius 3 is 2.70 bits per heavy atom. The minimum absolute atomic E-state index is 0.0703. The zero-order chi connectivity index (χ0) is 25.4. The molecule has 0 N–H and O–H groups in total. The zero-order valence-corrected chi connectivity index (χ0v) is 20.9. The number of aryl methyl sites for hydroxylation is 2. The summed E-state index contributed by atoms with van der Waals surface area (Å²) in [5, 5.41) is 13.2. The maximum Gasteiger partial charge on any atom is 0.213 e. The standard InChI is InChI=1S/C27H26N8O2/c1-17-15-34(16-28-17)22-9-11-24(37-3)30-25(22)26-31-27-19(6-5-13-35(27)33-26)18-8-10-23(36-2)20(14-18)21-7-4-12-29-32-21/h4,7-12,14-16,19H,5-6,13H2,1-3H3. The Bertz CT molecular complexity index is 1560. The Hall–Kier alpha value is -4.60. The van der Waals surface area contributed by atoms with Gasteiger partial charge in [0.15, 0.2) is 0 Å². The van der Waals surface area contributed by atoms with Gasteiger partial charge >= 0.3 is 0 Å². The third kappa shape index (κ3) is 4.20. The number of pyridine rings is 1. The summed E-state index contributed by atoms with van der Waals surface area (Å²) in [5.41, 5.74) is 5.20. The van der Waals surface area contributed by atoms with Crippen LogP contribution in [0, 0.1) is 6.92 Å². The molecule has 1 aromatic carbocycles. The van der Waals surface area contributed by atoms with Crippen molar-refractivity contribution in [1.82, 2.24) is 39.5 Å². The predicted molar refractivity (Wildman–Crippen MR) is 137 cm³/mol. The first-order valence-corrected chi connectivity index (χ1v) is 12.1. The van der Waals surface area contributed by atoms with Gasteiger partial charge in [0, 0.05) is 36.5 Å². The van der Waals surface area contributed by atoms with Crippen LogP contribution in [-0.2, 0) is 6.54 Å². The minimum atomic E-state index is 0.0703. The fraction of sp³-hybridized carbons (Fsp3) is 0.259. The molecule has 186 valence electrons. The van der Waals surface area contributed by atoms with E-state index in [4.69, 9.17) is 24.5 Å². The van der Waals surface area contributed by atoms with Crippen LogP contribution in [0.25, 0.3) is 28.5 Å². The third-order valence-electron chi connectivity index (χ3n) is 6.61. The minimum Gasteiger partial charge on any atom is -0.496 e. The van der Waals surface area contributed by atoms with Crippen molar-refractivity contribution < 1.29 is 9.47 Å². The monoisotopic (exact) mass is 494 g/mol. The number of aromatic nitrogens is 8. The molecule has 1 aliphatic heterocycles. The van der Waals surface area contributed by atoms with Gasteiger partial charge in [0.2, 0.25) is 11.7 Å². The van der Waals surface area contributed by atoms with Crippen LogP contribution in [0.1, 0.15) is 35.8 Å². The fourth-order valence-corrected chi connectivity index (χ4v) is 4.83. The molecule has 0 amide bonds. The highest BCUT2D eigenvalue weighted by Crippen LogP contribution is 2.38. The van der Waals surface area contributed by atoms with Crippen molar-refractivity contribution in [1.29, 1.82) is 0 Å². The first-order chi connectivity index (χ1) is 18.1. The van der Waals surface area contributed by atoms with Crippen LogP contribution in [0.2, 0.25) is 0 Å². The van der Waals surface area contributed by atoms with Crippen molar-refractivity contribution in [2.24, 2.45) is 0 Å². The predicted octanol–water partition coefficient (Wildman–Crippen LogP) is 4.23. The van der Waals surface area contributed by atoms with Crippen LogP contribution >= 0.6 is 0 Å². The Morgan fingerprint density at radius 2 is 1.95 bits per heavy atom. The molecule has 1 unspecified atom stereocenters. The van der Waals surface area contributed by atoms with E-state index >= 15 is 0 Å². The lowest BCUT2D eigenvalue weighted by atomic mass is 9.89. The molecular weight excluding hydrogens is 468 g/mol. The van der Waals surface area contributed by atoms with Crippen LogP contribution in [0.4, 0.5) is 0 Å². The van der Waals surface area contributed by atoms with E-state index in [2.05, 4.69) is 27.3 Å². The second-order valence-corrected chi connectivity index (χ2v) is 8.92. The molecule has 5 aromatic rings. The van der Waals surface area contributed by atoms with Crippen LogP contribution < -0.4 is 9.47 Å². The van der Waals surface area contributed by atoms with Crippen LogP contribution in [0.15, 0.2) is 61.2 Å². The van der Waals surface area contributed by atoms with E-state index in [1.165, 1.54) is 0 Å². The van der Waals surface area contributed by atoms with E-state index in [1.54, 1.807) is 26.7 Å². The summed E-state index contributed by atoms with van der Waals surface area (Å²) in [6.45, 7) is 2.75. The number of methoxy groups -OCH3 is 2. The molecule has 0 saturated carbocycles. The highest BCUT2D eigenvalue weighted by Gasteiger charge is 2.28. The number of benzene rings is 1. The van der Waals surface area contributed by atoms with Gasteiger partial charge in [-0.3, -0.25) is 0 Å². The van der Waals surface area contributed by atoms with E-state index < -0.39 is 0 Å². The largest absolute Gasteiger partial charge is 0.496 e. The first kappa shape index (κ1) is 22.8. The Labute approximate surface area is 214 Å². The van der Waals surface area contributed by atoms with Gasteiger partial charge in [0.05, 0.1) is 37.6 Å². The van der Waals surface area contributed by atoms with Gasteiger partial charge in [-0.2, -0.15) is 10.2 Å². The number of rotatable bonds is 6. The summed E-state index contributed by atoms with van der Waals surface area (Å²) in [7, 11) is 3.27. The highest BCUT2D eigenvalue weighted by atomic mass is 16.5. The normalized spacial score (nSPS) is 14.8. The summed E-state index contributed by atoms with van der Waals surface area (Å²) in [5.74, 6) is 2.80. The van der Waals surface area contributed by atoms with Gasteiger partial charge in [0.25, 0.3) is 0 Å². The maximum absolute atomic E-state index is 5.62. The second-order valence-electron chi connectivity index (χ2n) is 8.92. The number of fused-ring (bicyclic) bond motifs is 1. The quantitative estimate of drug-likeness (QED) is 0.345. The van der Waals surface area contributed by atoms with Crippen LogP contribution in [0.5, 0.6) is 11.6 Å². The van der Waals surface area contributed by atoms with Gasteiger partial charge in [-0.25, -0.2) is 19.6 Å². The molecule has 10 heteroatoms. The number of imidazole rings is 1. The van der Waals surface area contributed by atoms with Crippen molar-refractivity contribution in [3.05, 3.63) is 78.3 Å². The van der Waals surface area contributed by atoms with Gasteiger partial charge in [-0.1, -0.05) is 6.07 Å². The average Bonchev–Trinajstić information content (AvgIpc) is 3.59. The molecule has 0 bridgehead atoms. The molecule has 37 heavy (non-hydrogen) atoms. The molecule has 0 radical (unpaired) electrons. The Kier molecular flexibility index (Phi) is 5.84. The SMILES string of the molecule is COc1ccc(-n2cnc(C)c2)c(-c2nc3n(n2)CCCC3c2ccc(OC)c(-c3cccnn3)c2)n1. The Balaban J connectivity index is 1.44. The lowest BCUT2D eigenvalue weighted by molar-refractivity contribution is 0.398. The zero-order valence-electron chi connectivity index (χ0n) is 20.9. The van der Waals surface area contributed by atoms with Gasteiger partial charge in [-0.15, -0.1) is 5.10 Å². The molecule has 0 spiro atoms. The van der Waals surface area contributed by atoms with E-state index in [1.807, 2.05) is 52.7 Å². The number of nitrogens with zero attached hydrogens (tertiary/aromatic N) is 8. The van der Waals surface area contributed by atoms with Gasteiger partial charge in [0.1, 0.15) is 17.3 Å². The van der Waals surface area contributed by atoms with E-state index in [9.17, 15) is 0 Å². The van der Waals surface area contributed by atoms with Crippen molar-refractivity contribution >= 4 is 0 Å². The molecule has 10 nitrogen and oxygen atoms in total. The summed E-state index contributed by atoms with van der Waals surface area (Å²) < 4.78 is 15.0. The van der Waals surface area contributed by atoms with Gasteiger partial charge < -0.3 is 14.0 Å². The summed E-state index contributed by atoms with van der Waals surface area (Å²) in [6, 6.07) is 13.8. The number of hydrogen-bond donors (Lipinski definition) is 0. The van der Waals surface area contributed by atoms with Crippen molar-refractivity contribution in [2.45, 2.75) is 32.2 Å². The van der Waals surface area contributed by atoms with E-state index in [0.717, 1.165) is 59.2 Å². The van der Waals surface area contributed by atoms with Gasteiger partial charge in [-0.05, 0) is 55.7 Å². The molecule has 0 saturated heterocycles. The summed E-state index contributed by atoms with van der Waals surface area (Å²) in [4.78, 5) is 14.1. The topological polar surface area (TPSA) is 106 Å². The van der Waals surface area contributed by atoms with E-state index in [0.29, 0.717) is 17.4 Å². The van der Waals surface area contributed by atoms with Crippen molar-refractivity contribution in [2.75, 3.05) is 14.2 Å². The van der Waals surface area contributed by atoms with E-state index in [-0.39, 0.29) is 5.92 Å². The molecule has 0 aliphatic carbocycles. The molecule has 5 heterocycles. The summed E-state index contributed by atoms with van der Waals surface area (Å²) >= 11 is 0. The Morgan fingerprint density at radius 1 is 1.03 bits per heavy atom. The molecular formula is C27H26N8O2. The second kappa shape index (κ2) is 9.45. The molecule has 1 atom stereocenters. The lowest BCUT2D eigenvalue weighted by Gasteiger charge is -2.23. The highest BCUT2D eigenvalue weighted by molar-refractivity contribution is 5.68. The third-order valence-corrected chi connectivity index (χ3v) is 6.61. The smallest absolute Gasteiger partial charge is 0.213 e. The molecule has 0 fully saturated rings. The first-order valence-electron chi connectivity index (χ1n) is 12.1. The number of hydrogen-bond acceptors (Lipinski definition) is 8. The molecule has 6 rings (SSSR count). The van der Waals surface area contributed by atoms with Crippen molar-refractivity contribution in [3.63, 3.8) is 0 Å². The molecule has 4 aromatic heterocycles. The van der Waals surface area contributed by atoms with Crippen molar-refractivity contribution in [3.8, 4) is 40.1 Å². The molecule has 1 aliphatic rings. The summed E-state index contributed by atoms with van der Waals surface area (Å²) in [6.07, 6.45) is 7.34. The lowest BCUT2D eigenvalue weighted by Crippen LogP contribution is -2.18. The van der Waals surface area contributed by atoms with Crippen LogP contribution in [-0.4, -0.2) is 53.7 Å². The van der Waals surface area contributed by atoms with Crippen LogP contribution in [0.3, 0.4) is 0 Å². The number of ether oxygens (including phenoxy) is 2. The average molecular weight is 495 g/mol.